The van der Waals surface area contributed by atoms with Crippen LogP contribution in [0.2, 0.25) is 0 Å². The average Bonchev–Trinajstić information content (AvgIpc) is 2.25. The number of esters is 1. The number of ether oxygens (including phenoxy) is 1. The largest absolute Gasteiger partial charge is 0.463 e. The molecule has 0 saturated carbocycles. The third kappa shape index (κ3) is 2.61. The molecule has 0 aromatic heterocycles. The number of rotatable bonds is 2. The molecule has 0 saturated heterocycles. The highest BCUT2D eigenvalue weighted by Gasteiger charge is 2.36. The second-order valence-corrected chi connectivity index (χ2v) is 2.99. The molecule has 92 valence electrons. The summed E-state index contributed by atoms with van der Waals surface area (Å²) in [5.41, 5.74) is -2.57. The Morgan fingerprint density at radius 2 is 1.82 bits per heavy atom. The van der Waals surface area contributed by atoms with Crippen LogP contribution in [-0.4, -0.2) is 18.9 Å². The molecule has 0 bridgehead atoms. The van der Waals surface area contributed by atoms with E-state index in [0.717, 1.165) is 19.2 Å². The van der Waals surface area contributed by atoms with E-state index in [4.69, 9.17) is 0 Å². The van der Waals surface area contributed by atoms with Crippen LogP contribution in [-0.2, 0) is 15.7 Å². The molecule has 0 unspecified atom stereocenters. The van der Waals surface area contributed by atoms with Gasteiger partial charge in [-0.15, -0.1) is 0 Å². The van der Waals surface area contributed by atoms with Gasteiger partial charge >= 0.3 is 12.1 Å². The van der Waals surface area contributed by atoms with Gasteiger partial charge in [-0.05, 0) is 12.1 Å². The van der Waals surface area contributed by atoms with Gasteiger partial charge in [0.25, 0.3) is 5.78 Å². The Bertz CT molecular complexity index is 465. The van der Waals surface area contributed by atoms with Gasteiger partial charge in [0.2, 0.25) is 0 Å². The van der Waals surface area contributed by atoms with Gasteiger partial charge in [-0.3, -0.25) is 4.79 Å². The normalized spacial score (nSPS) is 11.1. The maximum absolute atomic E-state index is 13.4. The summed E-state index contributed by atoms with van der Waals surface area (Å²) in [6.45, 7) is 0. The fourth-order valence-corrected chi connectivity index (χ4v) is 1.13. The number of carbonyl (C=O) groups is 2. The number of hydrogen-bond donors (Lipinski definition) is 0. The van der Waals surface area contributed by atoms with Crippen molar-refractivity contribution in [3.8, 4) is 0 Å². The number of methoxy groups -OCH3 is 1. The summed E-state index contributed by atoms with van der Waals surface area (Å²) < 4.78 is 54.3. The van der Waals surface area contributed by atoms with Crippen molar-refractivity contribution in [1.29, 1.82) is 0 Å². The third-order valence-corrected chi connectivity index (χ3v) is 1.92. The molecular formula is C10H6F4O3. The zero-order valence-corrected chi connectivity index (χ0v) is 8.47. The van der Waals surface area contributed by atoms with Crippen LogP contribution in [0.15, 0.2) is 18.2 Å². The Hall–Kier alpha value is -1.92. The van der Waals surface area contributed by atoms with E-state index in [1.165, 1.54) is 0 Å². The number of alkyl halides is 3. The fraction of sp³-hybridized carbons (Fsp3) is 0.200. The fourth-order valence-electron chi connectivity index (χ4n) is 1.13. The Morgan fingerprint density at radius 1 is 1.24 bits per heavy atom. The van der Waals surface area contributed by atoms with E-state index in [-0.39, 0.29) is 0 Å². The van der Waals surface area contributed by atoms with Crippen molar-refractivity contribution in [1.82, 2.24) is 0 Å². The zero-order valence-electron chi connectivity index (χ0n) is 8.47. The monoisotopic (exact) mass is 250 g/mol. The lowest BCUT2D eigenvalue weighted by atomic mass is 10.1. The van der Waals surface area contributed by atoms with Gasteiger partial charge < -0.3 is 4.74 Å². The zero-order chi connectivity index (χ0) is 13.2. The Balaban J connectivity index is 3.29. The van der Waals surface area contributed by atoms with Crippen LogP contribution in [0.5, 0.6) is 0 Å². The first kappa shape index (κ1) is 13.1. The summed E-state index contributed by atoms with van der Waals surface area (Å²) in [6, 6.07) is 2.09. The molecule has 0 amide bonds. The van der Waals surface area contributed by atoms with Crippen molar-refractivity contribution in [2.45, 2.75) is 6.18 Å². The molecule has 0 radical (unpaired) electrons. The minimum Gasteiger partial charge on any atom is -0.463 e. The summed E-state index contributed by atoms with van der Waals surface area (Å²) in [6.07, 6.45) is -4.93. The van der Waals surface area contributed by atoms with E-state index in [2.05, 4.69) is 4.74 Å². The number of hydrogen-bond acceptors (Lipinski definition) is 3. The molecule has 0 atom stereocenters. The molecule has 0 fully saturated rings. The van der Waals surface area contributed by atoms with E-state index in [1.54, 1.807) is 0 Å². The van der Waals surface area contributed by atoms with Crippen molar-refractivity contribution in [3.63, 3.8) is 0 Å². The standard InChI is InChI=1S/C10H6F4O3/c1-17-9(16)8(15)5-3-2-4-6(7(5)11)10(12,13)14/h2-4H,1H3. The van der Waals surface area contributed by atoms with Crippen molar-refractivity contribution in [3.05, 3.63) is 35.1 Å². The third-order valence-electron chi connectivity index (χ3n) is 1.92. The molecule has 0 spiro atoms. The molecular weight excluding hydrogens is 244 g/mol. The van der Waals surface area contributed by atoms with Crippen LogP contribution in [0.1, 0.15) is 15.9 Å². The van der Waals surface area contributed by atoms with E-state index < -0.39 is 34.9 Å². The molecule has 3 nitrogen and oxygen atoms in total. The first-order chi connectivity index (χ1) is 7.79. The van der Waals surface area contributed by atoms with Crippen molar-refractivity contribution in [2.75, 3.05) is 7.11 Å². The topological polar surface area (TPSA) is 43.4 Å². The van der Waals surface area contributed by atoms with Crippen molar-refractivity contribution in [2.24, 2.45) is 0 Å². The lowest BCUT2D eigenvalue weighted by Crippen LogP contribution is -2.19. The molecule has 0 aliphatic carbocycles. The Morgan fingerprint density at radius 3 is 2.29 bits per heavy atom. The van der Waals surface area contributed by atoms with Gasteiger partial charge in [-0.25, -0.2) is 9.18 Å². The highest BCUT2D eigenvalue weighted by Crippen LogP contribution is 2.32. The van der Waals surface area contributed by atoms with Crippen molar-refractivity contribution < 1.29 is 31.9 Å². The summed E-state index contributed by atoms with van der Waals surface area (Å²) >= 11 is 0. The summed E-state index contributed by atoms with van der Waals surface area (Å²) in [5, 5.41) is 0. The van der Waals surface area contributed by atoms with Crippen LogP contribution in [0, 0.1) is 5.82 Å². The number of halogens is 4. The highest BCUT2D eigenvalue weighted by atomic mass is 19.4. The number of carbonyl (C=O) groups excluding carboxylic acids is 2. The van der Waals surface area contributed by atoms with E-state index in [0.29, 0.717) is 6.07 Å². The summed E-state index contributed by atoms with van der Waals surface area (Å²) in [7, 11) is 0.867. The predicted molar refractivity (Wildman–Crippen MR) is 47.7 cm³/mol. The molecule has 17 heavy (non-hydrogen) atoms. The van der Waals surface area contributed by atoms with Gasteiger partial charge in [0, 0.05) is 0 Å². The maximum atomic E-state index is 13.4. The van der Waals surface area contributed by atoms with E-state index in [1.807, 2.05) is 0 Å². The molecule has 0 N–H and O–H groups in total. The molecule has 0 aliphatic heterocycles. The molecule has 7 heteroatoms. The minimum absolute atomic E-state index is 0.476. The first-order valence-electron chi connectivity index (χ1n) is 4.27. The molecule has 1 aromatic rings. The van der Waals surface area contributed by atoms with E-state index in [9.17, 15) is 27.2 Å². The van der Waals surface area contributed by atoms with Crippen molar-refractivity contribution >= 4 is 11.8 Å². The lowest BCUT2D eigenvalue weighted by Gasteiger charge is -2.09. The number of ketones is 1. The van der Waals surface area contributed by atoms with Crippen LogP contribution in [0.3, 0.4) is 0 Å². The van der Waals surface area contributed by atoms with Crippen LogP contribution < -0.4 is 0 Å². The Labute approximate surface area is 93.0 Å². The molecule has 0 aliphatic rings. The molecule has 0 heterocycles. The van der Waals surface area contributed by atoms with Gasteiger partial charge in [0.15, 0.2) is 0 Å². The predicted octanol–water partition coefficient (Wildman–Crippen LogP) is 2.20. The smallest absolute Gasteiger partial charge is 0.419 e. The van der Waals surface area contributed by atoms with E-state index >= 15 is 0 Å². The minimum atomic E-state index is -4.93. The van der Waals surface area contributed by atoms with Gasteiger partial charge in [-0.1, -0.05) is 6.07 Å². The molecule has 1 rings (SSSR count). The Kier molecular flexibility index (Phi) is 3.50. The van der Waals surface area contributed by atoms with Gasteiger partial charge in [-0.2, -0.15) is 13.2 Å². The second kappa shape index (κ2) is 4.52. The van der Waals surface area contributed by atoms with Crippen LogP contribution in [0.25, 0.3) is 0 Å². The lowest BCUT2D eigenvalue weighted by molar-refractivity contribution is -0.140. The maximum Gasteiger partial charge on any atom is 0.419 e. The first-order valence-corrected chi connectivity index (χ1v) is 4.27. The number of benzene rings is 1. The van der Waals surface area contributed by atoms with Crippen LogP contribution in [0.4, 0.5) is 17.6 Å². The van der Waals surface area contributed by atoms with Crippen LogP contribution >= 0.6 is 0 Å². The van der Waals surface area contributed by atoms with Gasteiger partial charge in [0.05, 0.1) is 18.2 Å². The number of Topliss-reactive ketones (excluding diaryl/α,β-unsaturated/α-hetero) is 1. The SMILES string of the molecule is COC(=O)C(=O)c1cccc(C(F)(F)F)c1F. The molecule has 1 aromatic carbocycles. The second-order valence-electron chi connectivity index (χ2n) is 2.99. The quantitative estimate of drug-likeness (QED) is 0.350. The summed E-state index contributed by atoms with van der Waals surface area (Å²) in [5.74, 6) is -4.67. The summed E-state index contributed by atoms with van der Waals surface area (Å²) in [4.78, 5) is 22.0. The highest BCUT2D eigenvalue weighted by molar-refractivity contribution is 6.40. The average molecular weight is 250 g/mol. The van der Waals surface area contributed by atoms with Gasteiger partial charge in [0.1, 0.15) is 5.82 Å².